The van der Waals surface area contributed by atoms with Crippen LogP contribution in [-0.2, 0) is 5.60 Å². The number of rotatable bonds is 5. The standard InChI is InChI=1S/C25H22FN3O2/c26-21-13-11-20(12-14-21)25(30)15-16-29(17-25)22(18-7-3-1-4-8-18)24-27-23(28-31-24)19-9-5-2-6-10-19/h1-14,22,30H,15-17H2. The molecule has 156 valence electrons. The topological polar surface area (TPSA) is 62.4 Å². The Bertz CT molecular complexity index is 1150. The highest BCUT2D eigenvalue weighted by molar-refractivity contribution is 5.53. The molecule has 1 saturated heterocycles. The summed E-state index contributed by atoms with van der Waals surface area (Å²) in [5.41, 5.74) is 1.53. The van der Waals surface area contributed by atoms with E-state index < -0.39 is 5.60 Å². The van der Waals surface area contributed by atoms with Crippen molar-refractivity contribution in [3.8, 4) is 11.4 Å². The Morgan fingerprint density at radius 3 is 2.32 bits per heavy atom. The number of aromatic nitrogens is 2. The lowest BCUT2D eigenvalue weighted by Crippen LogP contribution is -2.33. The Morgan fingerprint density at radius 1 is 0.935 bits per heavy atom. The van der Waals surface area contributed by atoms with Gasteiger partial charge >= 0.3 is 0 Å². The quantitative estimate of drug-likeness (QED) is 0.518. The highest BCUT2D eigenvalue weighted by atomic mass is 19.1. The van der Waals surface area contributed by atoms with Crippen LogP contribution in [0.5, 0.6) is 0 Å². The Labute approximate surface area is 179 Å². The number of halogens is 1. The summed E-state index contributed by atoms with van der Waals surface area (Å²) in [4.78, 5) is 6.82. The molecule has 3 aromatic carbocycles. The van der Waals surface area contributed by atoms with Gasteiger partial charge in [-0.2, -0.15) is 4.98 Å². The second-order valence-electron chi connectivity index (χ2n) is 7.89. The normalized spacial score (nSPS) is 20.1. The molecule has 5 nitrogen and oxygen atoms in total. The van der Waals surface area contributed by atoms with E-state index >= 15 is 0 Å². The summed E-state index contributed by atoms with van der Waals surface area (Å²) < 4.78 is 19.1. The Hall–Kier alpha value is -3.35. The Kier molecular flexibility index (Phi) is 5.10. The number of likely N-dealkylation sites (tertiary alicyclic amines) is 1. The first-order chi connectivity index (χ1) is 15.1. The second kappa shape index (κ2) is 8.06. The van der Waals surface area contributed by atoms with E-state index in [2.05, 4.69) is 15.0 Å². The zero-order valence-corrected chi connectivity index (χ0v) is 16.9. The molecule has 1 N–H and O–H groups in total. The van der Waals surface area contributed by atoms with Crippen LogP contribution in [0, 0.1) is 5.82 Å². The van der Waals surface area contributed by atoms with E-state index in [1.807, 2.05) is 60.7 Å². The minimum atomic E-state index is -1.07. The molecule has 0 amide bonds. The van der Waals surface area contributed by atoms with Gasteiger partial charge in [-0.1, -0.05) is 78.0 Å². The molecule has 0 spiro atoms. The zero-order valence-electron chi connectivity index (χ0n) is 16.9. The predicted molar refractivity (Wildman–Crippen MR) is 115 cm³/mol. The summed E-state index contributed by atoms with van der Waals surface area (Å²) in [5.74, 6) is 0.696. The molecule has 5 rings (SSSR count). The van der Waals surface area contributed by atoms with E-state index in [9.17, 15) is 9.50 Å². The molecule has 1 aliphatic heterocycles. The molecule has 1 aromatic heterocycles. The molecule has 6 heteroatoms. The minimum absolute atomic E-state index is 0.291. The average molecular weight is 415 g/mol. The number of hydrogen-bond donors (Lipinski definition) is 1. The molecule has 2 heterocycles. The van der Waals surface area contributed by atoms with E-state index in [0.717, 1.165) is 11.1 Å². The maximum atomic E-state index is 13.4. The minimum Gasteiger partial charge on any atom is -0.384 e. The van der Waals surface area contributed by atoms with Gasteiger partial charge in [-0.25, -0.2) is 4.39 Å². The Balaban J connectivity index is 1.48. The fourth-order valence-corrected chi connectivity index (χ4v) is 4.23. The fraction of sp³-hybridized carbons (Fsp3) is 0.200. The van der Waals surface area contributed by atoms with Gasteiger partial charge in [0.15, 0.2) is 0 Å². The lowest BCUT2D eigenvalue weighted by atomic mass is 9.93. The van der Waals surface area contributed by atoms with Gasteiger partial charge in [0, 0.05) is 18.7 Å². The van der Waals surface area contributed by atoms with Crippen molar-refractivity contribution in [2.24, 2.45) is 0 Å². The number of aliphatic hydroxyl groups is 1. The summed E-state index contributed by atoms with van der Waals surface area (Å²) in [6, 6.07) is 25.4. The van der Waals surface area contributed by atoms with Crippen LogP contribution >= 0.6 is 0 Å². The third-order valence-electron chi connectivity index (χ3n) is 5.85. The van der Waals surface area contributed by atoms with Gasteiger partial charge in [-0.15, -0.1) is 0 Å². The number of benzene rings is 3. The molecule has 0 bridgehead atoms. The predicted octanol–water partition coefficient (Wildman–Crippen LogP) is 4.56. The fourth-order valence-electron chi connectivity index (χ4n) is 4.23. The second-order valence-corrected chi connectivity index (χ2v) is 7.89. The molecule has 0 aliphatic carbocycles. The number of β-amino-alcohol motifs (C(OH)–C–C–N with tert-alkyl or cyclic N) is 1. The first-order valence-electron chi connectivity index (χ1n) is 10.3. The molecule has 1 fully saturated rings. The van der Waals surface area contributed by atoms with Crippen LogP contribution < -0.4 is 0 Å². The van der Waals surface area contributed by atoms with Crippen molar-refractivity contribution in [1.29, 1.82) is 0 Å². The largest absolute Gasteiger partial charge is 0.384 e. The lowest BCUT2D eigenvalue weighted by molar-refractivity contribution is 0.0407. The van der Waals surface area contributed by atoms with Gasteiger partial charge in [-0.3, -0.25) is 4.90 Å². The van der Waals surface area contributed by atoms with Crippen molar-refractivity contribution in [3.63, 3.8) is 0 Å². The van der Waals surface area contributed by atoms with Gasteiger partial charge in [0.25, 0.3) is 0 Å². The van der Waals surface area contributed by atoms with Crippen molar-refractivity contribution >= 4 is 0 Å². The van der Waals surface area contributed by atoms with Gasteiger partial charge < -0.3 is 9.63 Å². The van der Waals surface area contributed by atoms with Crippen molar-refractivity contribution in [2.45, 2.75) is 18.1 Å². The summed E-state index contributed by atoms with van der Waals surface area (Å²) in [6.07, 6.45) is 0.529. The number of hydrogen-bond acceptors (Lipinski definition) is 5. The molecule has 1 aliphatic rings. The van der Waals surface area contributed by atoms with Crippen LogP contribution in [0.3, 0.4) is 0 Å². The number of nitrogens with zero attached hydrogens (tertiary/aromatic N) is 3. The van der Waals surface area contributed by atoms with Crippen molar-refractivity contribution < 1.29 is 14.0 Å². The summed E-state index contributed by atoms with van der Waals surface area (Å²) in [6.45, 7) is 1.01. The third kappa shape index (κ3) is 3.87. The maximum absolute atomic E-state index is 13.4. The van der Waals surface area contributed by atoms with Crippen LogP contribution in [0.15, 0.2) is 89.5 Å². The third-order valence-corrected chi connectivity index (χ3v) is 5.85. The summed E-state index contributed by atoms with van der Waals surface area (Å²) in [7, 11) is 0. The molecule has 2 unspecified atom stereocenters. The SMILES string of the molecule is OC1(c2ccc(F)cc2)CCN(C(c2ccccc2)c2nc(-c3ccccc3)no2)C1. The first kappa shape index (κ1) is 19.6. The smallest absolute Gasteiger partial charge is 0.248 e. The molecule has 0 saturated carbocycles. The van der Waals surface area contributed by atoms with Crippen LogP contribution in [0.4, 0.5) is 4.39 Å². The maximum Gasteiger partial charge on any atom is 0.248 e. The summed E-state index contributed by atoms with van der Waals surface area (Å²) >= 11 is 0. The van der Waals surface area contributed by atoms with Crippen LogP contribution in [0.2, 0.25) is 0 Å². The van der Waals surface area contributed by atoms with E-state index in [0.29, 0.717) is 36.8 Å². The van der Waals surface area contributed by atoms with Gasteiger partial charge in [0.2, 0.25) is 11.7 Å². The molecular formula is C25H22FN3O2. The van der Waals surface area contributed by atoms with Crippen molar-refractivity contribution in [2.75, 3.05) is 13.1 Å². The van der Waals surface area contributed by atoms with Crippen LogP contribution in [-0.4, -0.2) is 33.2 Å². The highest BCUT2D eigenvalue weighted by Crippen LogP contribution is 2.39. The zero-order chi connectivity index (χ0) is 21.3. The van der Waals surface area contributed by atoms with Gasteiger partial charge in [-0.05, 0) is 29.7 Å². The van der Waals surface area contributed by atoms with E-state index in [4.69, 9.17) is 4.52 Å². The molecule has 0 radical (unpaired) electrons. The molecule has 4 aromatic rings. The summed E-state index contributed by atoms with van der Waals surface area (Å²) in [5, 5.41) is 15.5. The van der Waals surface area contributed by atoms with Crippen LogP contribution in [0.1, 0.15) is 29.5 Å². The monoisotopic (exact) mass is 415 g/mol. The van der Waals surface area contributed by atoms with Gasteiger partial charge in [0.1, 0.15) is 17.5 Å². The molecule has 31 heavy (non-hydrogen) atoms. The lowest BCUT2D eigenvalue weighted by Gasteiger charge is -2.28. The van der Waals surface area contributed by atoms with Crippen molar-refractivity contribution in [3.05, 3.63) is 108 Å². The average Bonchev–Trinajstić information content (AvgIpc) is 3.44. The molecular weight excluding hydrogens is 393 g/mol. The first-order valence-corrected chi connectivity index (χ1v) is 10.3. The van der Waals surface area contributed by atoms with Crippen LogP contribution in [0.25, 0.3) is 11.4 Å². The van der Waals surface area contributed by atoms with Crippen molar-refractivity contribution in [1.82, 2.24) is 15.0 Å². The van der Waals surface area contributed by atoms with E-state index in [1.165, 1.54) is 12.1 Å². The van der Waals surface area contributed by atoms with E-state index in [1.54, 1.807) is 12.1 Å². The Morgan fingerprint density at radius 2 is 1.61 bits per heavy atom. The molecule has 2 atom stereocenters. The van der Waals surface area contributed by atoms with Gasteiger partial charge in [0.05, 0.1) is 0 Å². The van der Waals surface area contributed by atoms with E-state index in [-0.39, 0.29) is 11.9 Å². The highest BCUT2D eigenvalue weighted by Gasteiger charge is 2.42.